The summed E-state index contributed by atoms with van der Waals surface area (Å²) < 4.78 is 0. The van der Waals surface area contributed by atoms with Crippen molar-refractivity contribution in [3.05, 3.63) is 0 Å². The Morgan fingerprint density at radius 2 is 1.34 bits per heavy atom. The SMILES string of the molecule is CC(C)C(NC(=O)C(CCC(=O)O)NC(=O)C(N)CCCCN)C(=O)NC(CCC(N)=O)C(=O)O. The number of amides is 4. The number of hydrogen-bond donors (Lipinski definition) is 8. The zero-order chi connectivity index (χ0) is 27.1. The molecule has 0 aliphatic carbocycles. The molecule has 4 amide bonds. The van der Waals surface area contributed by atoms with Crippen LogP contribution in [0.2, 0.25) is 0 Å². The van der Waals surface area contributed by atoms with Gasteiger partial charge in [0.05, 0.1) is 6.04 Å². The Kier molecular flexibility index (Phi) is 14.9. The molecule has 0 aliphatic heterocycles. The van der Waals surface area contributed by atoms with Crippen LogP contribution >= 0.6 is 0 Å². The number of hydrogen-bond acceptors (Lipinski definition) is 8. The molecule has 14 nitrogen and oxygen atoms in total. The summed E-state index contributed by atoms with van der Waals surface area (Å²) in [6, 6.07) is -4.85. The van der Waals surface area contributed by atoms with Crippen LogP contribution in [0.3, 0.4) is 0 Å². The van der Waals surface area contributed by atoms with Crippen LogP contribution in [0.25, 0.3) is 0 Å². The molecule has 0 aromatic heterocycles. The highest BCUT2D eigenvalue weighted by atomic mass is 16.4. The van der Waals surface area contributed by atoms with Crippen LogP contribution in [-0.2, 0) is 28.8 Å². The third kappa shape index (κ3) is 13.3. The summed E-state index contributed by atoms with van der Waals surface area (Å²) in [6.07, 6.45) is 0.353. The first-order chi connectivity index (χ1) is 16.3. The van der Waals surface area contributed by atoms with E-state index in [0.29, 0.717) is 25.8 Å². The number of rotatable bonds is 18. The highest BCUT2D eigenvalue weighted by molar-refractivity contribution is 5.94. The lowest BCUT2D eigenvalue weighted by atomic mass is 10.0. The van der Waals surface area contributed by atoms with Gasteiger partial charge in [0.15, 0.2) is 0 Å². The number of nitrogens with one attached hydrogen (secondary N) is 3. The van der Waals surface area contributed by atoms with Crippen LogP contribution in [0.5, 0.6) is 0 Å². The second-order valence-electron chi connectivity index (χ2n) is 8.52. The Labute approximate surface area is 203 Å². The standard InChI is InChI=1S/C21H38N6O8/c1-11(2)17(20(33)26-14(21(34)35)6-8-15(24)28)27-19(32)13(7-9-16(29)30)25-18(31)12(23)5-3-4-10-22/h11-14,17H,3-10,22-23H2,1-2H3,(H2,24,28)(H,25,31)(H,26,33)(H,27,32)(H,29,30)(H,34,35). The highest BCUT2D eigenvalue weighted by Gasteiger charge is 2.32. The van der Waals surface area contributed by atoms with Crippen molar-refractivity contribution < 1.29 is 39.0 Å². The van der Waals surface area contributed by atoms with Crippen molar-refractivity contribution in [1.29, 1.82) is 0 Å². The number of carbonyl (C=O) groups excluding carboxylic acids is 4. The minimum absolute atomic E-state index is 0.242. The maximum atomic E-state index is 12.9. The van der Waals surface area contributed by atoms with Crippen molar-refractivity contribution in [2.45, 2.75) is 83.0 Å². The lowest BCUT2D eigenvalue weighted by Crippen LogP contribution is -2.58. The fraction of sp³-hybridized carbons (Fsp3) is 0.714. The van der Waals surface area contributed by atoms with Gasteiger partial charge in [0.2, 0.25) is 23.6 Å². The first-order valence-electron chi connectivity index (χ1n) is 11.4. The van der Waals surface area contributed by atoms with Crippen LogP contribution < -0.4 is 33.2 Å². The average Bonchev–Trinajstić information content (AvgIpc) is 2.76. The van der Waals surface area contributed by atoms with Gasteiger partial charge in [-0.3, -0.25) is 24.0 Å². The maximum absolute atomic E-state index is 12.9. The smallest absolute Gasteiger partial charge is 0.326 e. The molecule has 0 aromatic rings. The number of carboxylic acid groups (broad SMARTS) is 2. The van der Waals surface area contributed by atoms with E-state index in [1.54, 1.807) is 13.8 Å². The summed E-state index contributed by atoms with van der Waals surface area (Å²) >= 11 is 0. The zero-order valence-corrected chi connectivity index (χ0v) is 20.1. The predicted molar refractivity (Wildman–Crippen MR) is 124 cm³/mol. The molecule has 0 rings (SSSR count). The van der Waals surface area contributed by atoms with Gasteiger partial charge in [0.25, 0.3) is 0 Å². The first kappa shape index (κ1) is 31.7. The second kappa shape index (κ2) is 16.4. The third-order valence-corrected chi connectivity index (χ3v) is 5.13. The number of carboxylic acids is 2. The van der Waals surface area contributed by atoms with Crippen molar-refractivity contribution in [2.75, 3.05) is 6.54 Å². The molecule has 0 bridgehead atoms. The van der Waals surface area contributed by atoms with Crippen LogP contribution in [0.15, 0.2) is 0 Å². The largest absolute Gasteiger partial charge is 0.481 e. The molecule has 0 radical (unpaired) electrons. The molecule has 35 heavy (non-hydrogen) atoms. The minimum Gasteiger partial charge on any atom is -0.481 e. The van der Waals surface area contributed by atoms with E-state index in [0.717, 1.165) is 0 Å². The van der Waals surface area contributed by atoms with Crippen LogP contribution in [0.4, 0.5) is 0 Å². The number of primary amides is 1. The lowest BCUT2D eigenvalue weighted by molar-refractivity contribution is -0.143. The number of aliphatic carboxylic acids is 2. The molecule has 14 heteroatoms. The Morgan fingerprint density at radius 1 is 0.771 bits per heavy atom. The van der Waals surface area contributed by atoms with Gasteiger partial charge in [-0.15, -0.1) is 0 Å². The van der Waals surface area contributed by atoms with E-state index in [-0.39, 0.29) is 19.3 Å². The van der Waals surface area contributed by atoms with Crippen molar-refractivity contribution >= 4 is 35.6 Å². The fourth-order valence-electron chi connectivity index (χ4n) is 3.05. The van der Waals surface area contributed by atoms with Gasteiger partial charge < -0.3 is 43.4 Å². The van der Waals surface area contributed by atoms with Gasteiger partial charge >= 0.3 is 11.9 Å². The normalized spacial score (nSPS) is 14.3. The van der Waals surface area contributed by atoms with Crippen molar-refractivity contribution in [3.8, 4) is 0 Å². The molecule has 0 aromatic carbocycles. The van der Waals surface area contributed by atoms with Crippen molar-refractivity contribution in [2.24, 2.45) is 23.1 Å². The molecule has 4 atom stereocenters. The Balaban J connectivity index is 5.42. The summed E-state index contributed by atoms with van der Waals surface area (Å²) in [4.78, 5) is 71.4. The predicted octanol–water partition coefficient (Wildman–Crippen LogP) is -2.23. The van der Waals surface area contributed by atoms with Gasteiger partial charge in [-0.05, 0) is 38.1 Å². The number of nitrogens with two attached hydrogens (primary N) is 3. The maximum Gasteiger partial charge on any atom is 0.326 e. The van der Waals surface area contributed by atoms with Gasteiger partial charge in [0, 0.05) is 12.8 Å². The zero-order valence-electron chi connectivity index (χ0n) is 20.1. The van der Waals surface area contributed by atoms with E-state index in [2.05, 4.69) is 16.0 Å². The van der Waals surface area contributed by atoms with Crippen LogP contribution in [0.1, 0.15) is 58.8 Å². The molecular weight excluding hydrogens is 464 g/mol. The lowest BCUT2D eigenvalue weighted by Gasteiger charge is -2.27. The van der Waals surface area contributed by atoms with Gasteiger partial charge in [-0.25, -0.2) is 4.79 Å². The highest BCUT2D eigenvalue weighted by Crippen LogP contribution is 2.08. The van der Waals surface area contributed by atoms with E-state index >= 15 is 0 Å². The van der Waals surface area contributed by atoms with E-state index < -0.39 is 72.1 Å². The van der Waals surface area contributed by atoms with E-state index in [9.17, 15) is 33.9 Å². The van der Waals surface area contributed by atoms with Gasteiger partial charge in [-0.2, -0.15) is 0 Å². The Bertz CT molecular complexity index is 760. The van der Waals surface area contributed by atoms with E-state index in [1.165, 1.54) is 0 Å². The molecule has 11 N–H and O–H groups in total. The molecule has 4 unspecified atom stereocenters. The topological polar surface area (TPSA) is 257 Å². The molecule has 0 saturated heterocycles. The summed E-state index contributed by atoms with van der Waals surface area (Å²) in [5.74, 6) is -6.13. The fourth-order valence-corrected chi connectivity index (χ4v) is 3.05. The molecular formula is C21H38N6O8. The van der Waals surface area contributed by atoms with E-state index in [1.807, 2.05) is 0 Å². The van der Waals surface area contributed by atoms with Crippen LogP contribution in [0, 0.1) is 5.92 Å². The molecule has 0 fully saturated rings. The molecule has 0 spiro atoms. The first-order valence-corrected chi connectivity index (χ1v) is 11.4. The Morgan fingerprint density at radius 3 is 1.83 bits per heavy atom. The summed E-state index contributed by atoms with van der Waals surface area (Å²) in [6.45, 7) is 3.63. The van der Waals surface area contributed by atoms with E-state index in [4.69, 9.17) is 22.3 Å². The quantitative estimate of drug-likeness (QED) is 0.0935. The number of carbonyl (C=O) groups is 6. The minimum atomic E-state index is -1.41. The van der Waals surface area contributed by atoms with Crippen molar-refractivity contribution in [3.63, 3.8) is 0 Å². The molecule has 0 saturated carbocycles. The van der Waals surface area contributed by atoms with Gasteiger partial charge in [0.1, 0.15) is 18.1 Å². The monoisotopic (exact) mass is 502 g/mol. The third-order valence-electron chi connectivity index (χ3n) is 5.13. The number of unbranched alkanes of at least 4 members (excludes halogenated alkanes) is 1. The summed E-state index contributed by atoms with van der Waals surface area (Å²) in [5, 5.41) is 25.4. The second-order valence-corrected chi connectivity index (χ2v) is 8.52. The average molecular weight is 503 g/mol. The van der Waals surface area contributed by atoms with Crippen molar-refractivity contribution in [1.82, 2.24) is 16.0 Å². The molecule has 200 valence electrons. The Hall–Kier alpha value is -3.26. The van der Waals surface area contributed by atoms with Crippen LogP contribution in [-0.4, -0.2) is 76.5 Å². The summed E-state index contributed by atoms with van der Waals surface area (Å²) in [5.41, 5.74) is 16.3. The summed E-state index contributed by atoms with van der Waals surface area (Å²) in [7, 11) is 0. The van der Waals surface area contributed by atoms with Gasteiger partial charge in [-0.1, -0.05) is 20.3 Å². The molecule has 0 aliphatic rings. The molecule has 0 heterocycles.